The zero-order chi connectivity index (χ0) is 12.5. The van der Waals surface area contributed by atoms with Crippen molar-refractivity contribution in [2.45, 2.75) is 64.0 Å². The fourth-order valence-electron chi connectivity index (χ4n) is 3.97. The lowest BCUT2D eigenvalue weighted by Gasteiger charge is -2.39. The van der Waals surface area contributed by atoms with E-state index in [9.17, 15) is 4.79 Å². The normalized spacial score (nSPS) is 37.6. The van der Waals surface area contributed by atoms with Crippen molar-refractivity contribution >= 4 is 5.91 Å². The molecule has 3 nitrogen and oxygen atoms in total. The van der Waals surface area contributed by atoms with E-state index in [1.54, 1.807) is 0 Å². The molecule has 0 aromatic heterocycles. The van der Waals surface area contributed by atoms with Gasteiger partial charge in [0.05, 0.1) is 0 Å². The van der Waals surface area contributed by atoms with Crippen LogP contribution in [0.4, 0.5) is 0 Å². The van der Waals surface area contributed by atoms with E-state index >= 15 is 0 Å². The highest BCUT2D eigenvalue weighted by Gasteiger charge is 2.39. The molecule has 2 heterocycles. The first-order valence-electron chi connectivity index (χ1n) is 7.79. The number of nitrogens with zero attached hydrogens (tertiary/aromatic N) is 1. The predicted molar refractivity (Wildman–Crippen MR) is 72.3 cm³/mol. The van der Waals surface area contributed by atoms with Gasteiger partial charge in [0.25, 0.3) is 0 Å². The molecule has 3 rings (SSSR count). The standard InChI is InChI=1S/C15H26N2O/c1-11-10-13(7-8-16-11)15(18)17-9-3-6-14(17)12-4-2-5-12/h11-14,16H,2-10H2,1H3/t11-,13-,14?/m0/s1. The van der Waals surface area contributed by atoms with Crippen LogP contribution in [0.2, 0.25) is 0 Å². The molecule has 3 aliphatic rings. The number of hydrogen-bond acceptors (Lipinski definition) is 2. The first-order valence-corrected chi connectivity index (χ1v) is 7.79. The smallest absolute Gasteiger partial charge is 0.226 e. The van der Waals surface area contributed by atoms with Gasteiger partial charge in [-0.15, -0.1) is 0 Å². The molecule has 3 heteroatoms. The molecule has 3 atom stereocenters. The lowest BCUT2D eigenvalue weighted by atomic mass is 9.78. The van der Waals surface area contributed by atoms with Crippen LogP contribution in [0.1, 0.15) is 51.9 Å². The predicted octanol–water partition coefficient (Wildman–Crippen LogP) is 2.17. The van der Waals surface area contributed by atoms with Gasteiger partial charge in [0, 0.05) is 24.5 Å². The number of piperidine rings is 1. The van der Waals surface area contributed by atoms with Crippen molar-refractivity contribution in [1.82, 2.24) is 10.2 Å². The second kappa shape index (κ2) is 5.20. The molecular formula is C15H26N2O. The van der Waals surface area contributed by atoms with Crippen LogP contribution >= 0.6 is 0 Å². The topological polar surface area (TPSA) is 32.3 Å². The van der Waals surface area contributed by atoms with E-state index in [2.05, 4.69) is 17.1 Å². The Labute approximate surface area is 110 Å². The lowest BCUT2D eigenvalue weighted by Crippen LogP contribution is -2.48. The Morgan fingerprint density at radius 3 is 2.67 bits per heavy atom. The van der Waals surface area contributed by atoms with Gasteiger partial charge in [0.1, 0.15) is 0 Å². The first kappa shape index (κ1) is 12.5. The number of likely N-dealkylation sites (tertiary alicyclic amines) is 1. The summed E-state index contributed by atoms with van der Waals surface area (Å²) in [5, 5.41) is 3.44. The summed E-state index contributed by atoms with van der Waals surface area (Å²) in [5.41, 5.74) is 0. The maximum atomic E-state index is 12.7. The highest BCUT2D eigenvalue weighted by Crippen LogP contribution is 2.38. The minimum absolute atomic E-state index is 0.293. The Morgan fingerprint density at radius 1 is 1.17 bits per heavy atom. The van der Waals surface area contributed by atoms with Crippen LogP contribution in [0.5, 0.6) is 0 Å². The van der Waals surface area contributed by atoms with Gasteiger partial charge in [-0.25, -0.2) is 0 Å². The van der Waals surface area contributed by atoms with Crippen LogP contribution in [0.3, 0.4) is 0 Å². The molecule has 2 aliphatic heterocycles. The molecule has 1 aliphatic carbocycles. The van der Waals surface area contributed by atoms with Crippen LogP contribution in [0.15, 0.2) is 0 Å². The Bertz CT molecular complexity index is 314. The maximum absolute atomic E-state index is 12.7. The highest BCUT2D eigenvalue weighted by atomic mass is 16.2. The zero-order valence-corrected chi connectivity index (χ0v) is 11.5. The van der Waals surface area contributed by atoms with Gasteiger partial charge in [0.15, 0.2) is 0 Å². The van der Waals surface area contributed by atoms with Gasteiger partial charge in [0.2, 0.25) is 5.91 Å². The Balaban J connectivity index is 1.63. The number of amides is 1. The Morgan fingerprint density at radius 2 is 2.00 bits per heavy atom. The summed E-state index contributed by atoms with van der Waals surface area (Å²) in [6.07, 6.45) is 8.66. The van der Waals surface area contributed by atoms with Crippen molar-refractivity contribution in [3.8, 4) is 0 Å². The molecule has 0 aromatic rings. The van der Waals surface area contributed by atoms with Crippen LogP contribution < -0.4 is 5.32 Å². The summed E-state index contributed by atoms with van der Waals surface area (Å²) in [4.78, 5) is 15.0. The van der Waals surface area contributed by atoms with Crippen LogP contribution in [0.25, 0.3) is 0 Å². The lowest BCUT2D eigenvalue weighted by molar-refractivity contribution is -0.139. The number of carbonyl (C=O) groups excluding carboxylic acids is 1. The second-order valence-electron chi connectivity index (χ2n) is 6.51. The molecular weight excluding hydrogens is 224 g/mol. The molecule has 1 unspecified atom stereocenters. The number of carbonyl (C=O) groups is 1. The molecule has 0 radical (unpaired) electrons. The van der Waals surface area contributed by atoms with E-state index < -0.39 is 0 Å². The molecule has 1 amide bonds. The molecule has 3 fully saturated rings. The van der Waals surface area contributed by atoms with Crippen LogP contribution in [-0.2, 0) is 4.79 Å². The van der Waals surface area contributed by atoms with Crippen molar-refractivity contribution in [3.05, 3.63) is 0 Å². The van der Waals surface area contributed by atoms with Crippen LogP contribution in [0, 0.1) is 11.8 Å². The van der Waals surface area contributed by atoms with E-state index in [1.165, 1.54) is 32.1 Å². The van der Waals surface area contributed by atoms with Crippen LogP contribution in [-0.4, -0.2) is 36.0 Å². The molecule has 0 spiro atoms. The van der Waals surface area contributed by atoms with Gasteiger partial charge >= 0.3 is 0 Å². The molecule has 1 saturated carbocycles. The average Bonchev–Trinajstić information content (AvgIpc) is 2.74. The number of hydrogen-bond donors (Lipinski definition) is 1. The summed E-state index contributed by atoms with van der Waals surface area (Å²) in [6, 6.07) is 1.11. The third-order valence-electron chi connectivity index (χ3n) is 5.25. The largest absolute Gasteiger partial charge is 0.339 e. The highest BCUT2D eigenvalue weighted by molar-refractivity contribution is 5.79. The summed E-state index contributed by atoms with van der Waals surface area (Å²) in [7, 11) is 0. The molecule has 2 saturated heterocycles. The molecule has 1 N–H and O–H groups in total. The van der Waals surface area contributed by atoms with Gasteiger partial charge in [-0.3, -0.25) is 4.79 Å². The van der Waals surface area contributed by atoms with Gasteiger partial charge in [-0.05, 0) is 57.9 Å². The first-order chi connectivity index (χ1) is 8.75. The van der Waals surface area contributed by atoms with E-state index in [4.69, 9.17) is 0 Å². The fraction of sp³-hybridized carbons (Fsp3) is 0.933. The quantitative estimate of drug-likeness (QED) is 0.814. The summed E-state index contributed by atoms with van der Waals surface area (Å²) >= 11 is 0. The van der Waals surface area contributed by atoms with Crippen molar-refractivity contribution in [3.63, 3.8) is 0 Å². The number of nitrogens with one attached hydrogen (secondary N) is 1. The van der Waals surface area contributed by atoms with Gasteiger partial charge < -0.3 is 10.2 Å². The van der Waals surface area contributed by atoms with Crippen molar-refractivity contribution in [2.24, 2.45) is 11.8 Å². The fourth-order valence-corrected chi connectivity index (χ4v) is 3.97. The van der Waals surface area contributed by atoms with Crippen molar-refractivity contribution < 1.29 is 4.79 Å². The maximum Gasteiger partial charge on any atom is 0.226 e. The third kappa shape index (κ3) is 2.29. The number of rotatable bonds is 2. The minimum Gasteiger partial charge on any atom is -0.339 e. The van der Waals surface area contributed by atoms with Gasteiger partial charge in [-0.2, -0.15) is 0 Å². The second-order valence-corrected chi connectivity index (χ2v) is 6.51. The van der Waals surface area contributed by atoms with E-state index in [-0.39, 0.29) is 0 Å². The minimum atomic E-state index is 0.293. The van der Waals surface area contributed by atoms with E-state index in [0.717, 1.165) is 31.8 Å². The Hall–Kier alpha value is -0.570. The molecule has 102 valence electrons. The van der Waals surface area contributed by atoms with E-state index in [1.807, 2.05) is 0 Å². The average molecular weight is 250 g/mol. The summed E-state index contributed by atoms with van der Waals surface area (Å²) in [6.45, 7) is 4.24. The molecule has 0 bridgehead atoms. The Kier molecular flexibility index (Phi) is 3.60. The molecule has 0 aromatic carbocycles. The summed E-state index contributed by atoms with van der Waals surface area (Å²) < 4.78 is 0. The van der Waals surface area contributed by atoms with Gasteiger partial charge in [-0.1, -0.05) is 6.42 Å². The molecule has 18 heavy (non-hydrogen) atoms. The van der Waals surface area contributed by atoms with E-state index in [0.29, 0.717) is 23.9 Å². The third-order valence-corrected chi connectivity index (χ3v) is 5.25. The SMILES string of the molecule is C[C@H]1C[C@@H](C(=O)N2CCCC2C2CCC2)CCN1. The zero-order valence-electron chi connectivity index (χ0n) is 11.5. The van der Waals surface area contributed by atoms with Crippen molar-refractivity contribution in [1.29, 1.82) is 0 Å². The summed E-state index contributed by atoms with van der Waals surface area (Å²) in [5.74, 6) is 1.59. The monoisotopic (exact) mass is 250 g/mol. The van der Waals surface area contributed by atoms with Crippen molar-refractivity contribution in [2.75, 3.05) is 13.1 Å².